The zero-order valence-electron chi connectivity index (χ0n) is 20.1. The monoisotopic (exact) mass is 455 g/mol. The van der Waals surface area contributed by atoms with Gasteiger partial charge in [0.1, 0.15) is 11.4 Å². The fourth-order valence-corrected chi connectivity index (χ4v) is 4.12. The number of aromatic nitrogens is 2. The first kappa shape index (κ1) is 23.7. The summed E-state index contributed by atoms with van der Waals surface area (Å²) in [5.41, 5.74) is 3.88. The molecule has 0 bridgehead atoms. The number of benzene rings is 3. The lowest BCUT2D eigenvalue weighted by Gasteiger charge is -2.31. The summed E-state index contributed by atoms with van der Waals surface area (Å²) in [4.78, 5) is 2.32. The summed E-state index contributed by atoms with van der Waals surface area (Å²) in [5.74, 6) is 1.48. The second kappa shape index (κ2) is 11.1. The second-order valence-corrected chi connectivity index (χ2v) is 8.65. The molecule has 4 aromatic rings. The molecule has 0 saturated heterocycles. The van der Waals surface area contributed by atoms with Crippen LogP contribution in [0.5, 0.6) is 11.6 Å². The van der Waals surface area contributed by atoms with Crippen LogP contribution in [0, 0.1) is 0 Å². The van der Waals surface area contributed by atoms with Crippen molar-refractivity contribution >= 4 is 0 Å². The van der Waals surface area contributed by atoms with Crippen molar-refractivity contribution in [2.45, 2.75) is 39.0 Å². The van der Waals surface area contributed by atoms with Crippen molar-refractivity contribution < 1.29 is 9.84 Å². The van der Waals surface area contributed by atoms with Crippen molar-refractivity contribution in [2.75, 3.05) is 6.54 Å². The molecule has 0 amide bonds. The van der Waals surface area contributed by atoms with Crippen molar-refractivity contribution in [3.8, 4) is 22.9 Å². The molecule has 0 saturated carbocycles. The molecule has 0 aliphatic heterocycles. The summed E-state index contributed by atoms with van der Waals surface area (Å²) in [7, 11) is 1.92. The lowest BCUT2D eigenvalue weighted by Crippen LogP contribution is -2.35. The third kappa shape index (κ3) is 5.56. The minimum absolute atomic E-state index is 0.270. The van der Waals surface area contributed by atoms with Gasteiger partial charge in [-0.15, -0.1) is 0 Å². The van der Waals surface area contributed by atoms with Gasteiger partial charge in [0.25, 0.3) is 0 Å². The van der Waals surface area contributed by atoms with E-state index in [0.29, 0.717) is 19.0 Å². The number of para-hydroxylation sites is 1. The molecule has 0 unspecified atom stereocenters. The zero-order valence-corrected chi connectivity index (χ0v) is 20.1. The van der Waals surface area contributed by atoms with E-state index in [1.807, 2.05) is 90.6 Å². The maximum absolute atomic E-state index is 11.0. The molecule has 0 aliphatic rings. The van der Waals surface area contributed by atoms with E-state index in [4.69, 9.17) is 9.84 Å². The van der Waals surface area contributed by atoms with Crippen LogP contribution in [0.4, 0.5) is 0 Å². The summed E-state index contributed by atoms with van der Waals surface area (Å²) >= 11 is 0. The van der Waals surface area contributed by atoms with Gasteiger partial charge in [-0.1, -0.05) is 85.8 Å². The third-order valence-corrected chi connectivity index (χ3v) is 6.26. The largest absolute Gasteiger partial charge is 0.439 e. The van der Waals surface area contributed by atoms with Gasteiger partial charge in [-0.3, -0.25) is 4.90 Å². The van der Waals surface area contributed by atoms with E-state index in [1.54, 1.807) is 0 Å². The fraction of sp³-hybridized carbons (Fsp3) is 0.276. The Morgan fingerprint density at radius 1 is 0.912 bits per heavy atom. The number of aryl methyl sites for hydroxylation is 1. The molecular formula is C29H33N3O2. The highest BCUT2D eigenvalue weighted by molar-refractivity contribution is 5.65. The van der Waals surface area contributed by atoms with Gasteiger partial charge in [0.05, 0.1) is 11.7 Å². The van der Waals surface area contributed by atoms with Crippen molar-refractivity contribution in [1.82, 2.24) is 14.7 Å². The minimum Gasteiger partial charge on any atom is -0.439 e. The van der Waals surface area contributed by atoms with Crippen LogP contribution in [-0.2, 0) is 13.6 Å². The molecule has 1 heterocycles. The molecule has 3 aromatic carbocycles. The average molecular weight is 456 g/mol. The van der Waals surface area contributed by atoms with Crippen LogP contribution in [0.3, 0.4) is 0 Å². The lowest BCUT2D eigenvalue weighted by molar-refractivity contribution is 0.0844. The van der Waals surface area contributed by atoms with E-state index in [9.17, 15) is 5.11 Å². The molecule has 0 radical (unpaired) electrons. The number of ether oxygens (including phenoxy) is 1. The molecule has 0 fully saturated rings. The number of hydrogen-bond acceptors (Lipinski definition) is 4. The number of rotatable bonds is 10. The molecule has 5 heteroatoms. The quantitative estimate of drug-likeness (QED) is 0.309. The van der Waals surface area contributed by atoms with Crippen LogP contribution in [-0.4, -0.2) is 32.4 Å². The molecule has 34 heavy (non-hydrogen) atoms. The molecule has 0 spiro atoms. The first-order valence-electron chi connectivity index (χ1n) is 11.9. The summed E-state index contributed by atoms with van der Waals surface area (Å²) in [6.07, 6.45) is 0.391. The topological polar surface area (TPSA) is 50.5 Å². The molecule has 5 nitrogen and oxygen atoms in total. The Labute approximate surface area is 202 Å². The van der Waals surface area contributed by atoms with Crippen LogP contribution in [0.25, 0.3) is 11.3 Å². The first-order valence-corrected chi connectivity index (χ1v) is 11.9. The van der Waals surface area contributed by atoms with Crippen LogP contribution >= 0.6 is 0 Å². The minimum atomic E-state index is -0.578. The fourth-order valence-electron chi connectivity index (χ4n) is 4.12. The van der Waals surface area contributed by atoms with Crippen LogP contribution in [0.15, 0.2) is 91.0 Å². The number of aliphatic hydroxyl groups excluding tert-OH is 1. The Bertz CT molecular complexity index is 1160. The molecule has 4 rings (SSSR count). The summed E-state index contributed by atoms with van der Waals surface area (Å²) in [5, 5.41) is 15.9. The predicted molar refractivity (Wildman–Crippen MR) is 137 cm³/mol. The van der Waals surface area contributed by atoms with Crippen LogP contribution < -0.4 is 4.74 Å². The Hall–Kier alpha value is -3.41. The maximum atomic E-state index is 11.0. The van der Waals surface area contributed by atoms with Gasteiger partial charge in [0.2, 0.25) is 5.88 Å². The Morgan fingerprint density at radius 2 is 1.50 bits per heavy atom. The highest BCUT2D eigenvalue weighted by Crippen LogP contribution is 2.35. The van der Waals surface area contributed by atoms with Crippen molar-refractivity contribution in [1.29, 1.82) is 0 Å². The van der Waals surface area contributed by atoms with Gasteiger partial charge < -0.3 is 9.84 Å². The molecule has 0 aliphatic carbocycles. The van der Waals surface area contributed by atoms with E-state index in [0.717, 1.165) is 34.6 Å². The Balaban J connectivity index is 1.71. The average Bonchev–Trinajstić information content (AvgIpc) is 3.19. The van der Waals surface area contributed by atoms with Crippen LogP contribution in [0.1, 0.15) is 37.5 Å². The smallest absolute Gasteiger partial charge is 0.222 e. The zero-order chi connectivity index (χ0) is 23.9. The van der Waals surface area contributed by atoms with Crippen molar-refractivity contribution in [3.05, 3.63) is 102 Å². The number of nitrogens with zero attached hydrogens (tertiary/aromatic N) is 3. The normalized spacial score (nSPS) is 13.1. The van der Waals surface area contributed by atoms with Crippen molar-refractivity contribution in [2.24, 2.45) is 7.05 Å². The van der Waals surface area contributed by atoms with Gasteiger partial charge in [-0.25, -0.2) is 4.68 Å². The van der Waals surface area contributed by atoms with E-state index in [2.05, 4.69) is 30.9 Å². The lowest BCUT2D eigenvalue weighted by atomic mass is 10.0. The third-order valence-electron chi connectivity index (χ3n) is 6.26. The summed E-state index contributed by atoms with van der Waals surface area (Å²) in [6.45, 7) is 5.51. The molecule has 176 valence electrons. The maximum Gasteiger partial charge on any atom is 0.222 e. The molecular weight excluding hydrogens is 422 g/mol. The van der Waals surface area contributed by atoms with Gasteiger partial charge in [-0.05, 0) is 31.0 Å². The number of hydrogen-bond donors (Lipinski definition) is 1. The van der Waals surface area contributed by atoms with E-state index in [1.165, 1.54) is 0 Å². The molecule has 1 aromatic heterocycles. The first-order chi connectivity index (χ1) is 16.6. The molecule has 2 atom stereocenters. The molecule has 1 N–H and O–H groups in total. The van der Waals surface area contributed by atoms with Crippen LogP contribution in [0.2, 0.25) is 0 Å². The van der Waals surface area contributed by atoms with Crippen molar-refractivity contribution in [3.63, 3.8) is 0 Å². The van der Waals surface area contributed by atoms with E-state index >= 15 is 0 Å². The van der Waals surface area contributed by atoms with E-state index < -0.39 is 6.10 Å². The Morgan fingerprint density at radius 3 is 2.12 bits per heavy atom. The summed E-state index contributed by atoms with van der Waals surface area (Å²) < 4.78 is 8.17. The van der Waals surface area contributed by atoms with Gasteiger partial charge in [0.15, 0.2) is 0 Å². The van der Waals surface area contributed by atoms with Gasteiger partial charge >= 0.3 is 0 Å². The summed E-state index contributed by atoms with van der Waals surface area (Å²) in [6, 6.07) is 30.1. The van der Waals surface area contributed by atoms with E-state index in [-0.39, 0.29) is 6.04 Å². The SMILES string of the molecule is CC[C@@H](C)N(Cc1c(-c2ccccc2)nn(C)c1Oc1ccccc1)C[C@@H](O)c1ccccc1. The number of aliphatic hydroxyl groups is 1. The standard InChI is InChI=1S/C29H33N3O2/c1-4-22(2)32(21-27(33)23-14-8-5-9-15-23)20-26-28(24-16-10-6-11-17-24)30-31(3)29(26)34-25-18-12-7-13-19-25/h5-19,22,27,33H,4,20-21H2,1-3H3/t22-,27-/m1/s1. The Kier molecular flexibility index (Phi) is 7.78. The second-order valence-electron chi connectivity index (χ2n) is 8.65. The van der Waals surface area contributed by atoms with Gasteiger partial charge in [-0.2, -0.15) is 5.10 Å². The van der Waals surface area contributed by atoms with Gasteiger partial charge in [0, 0.05) is 31.7 Å². The predicted octanol–water partition coefficient (Wildman–Crippen LogP) is 6.21. The highest BCUT2D eigenvalue weighted by Gasteiger charge is 2.25. The highest BCUT2D eigenvalue weighted by atomic mass is 16.5.